The summed E-state index contributed by atoms with van der Waals surface area (Å²) in [5.74, 6) is -0.189. The van der Waals surface area contributed by atoms with E-state index in [0.29, 0.717) is 16.3 Å². The van der Waals surface area contributed by atoms with Gasteiger partial charge in [0.1, 0.15) is 0 Å². The summed E-state index contributed by atoms with van der Waals surface area (Å²) in [5, 5.41) is 3.37. The molecule has 0 unspecified atom stereocenters. The van der Waals surface area contributed by atoms with Crippen LogP contribution < -0.4 is 11.1 Å². The van der Waals surface area contributed by atoms with Crippen LogP contribution in [-0.4, -0.2) is 5.91 Å². The van der Waals surface area contributed by atoms with Crippen molar-refractivity contribution in [1.82, 2.24) is 0 Å². The third-order valence-electron chi connectivity index (χ3n) is 2.59. The molecule has 0 spiro atoms. The van der Waals surface area contributed by atoms with E-state index in [-0.39, 0.29) is 5.91 Å². The number of carbonyl (C=O) groups is 1. The first-order valence-corrected chi connectivity index (χ1v) is 5.87. The molecule has 0 aliphatic heterocycles. The molecule has 3 N–H and O–H groups in total. The fourth-order valence-corrected chi connectivity index (χ4v) is 1.84. The molecule has 92 valence electrons. The standard InChI is InChI=1S/C14H13ClN2O/c1-9-7-12(16)5-6-13(9)17-14(18)10-3-2-4-11(15)8-10/h2-8H,16H2,1H3,(H,17,18). The number of amides is 1. The van der Waals surface area contributed by atoms with Crippen molar-refractivity contribution < 1.29 is 4.79 Å². The molecule has 0 saturated heterocycles. The highest BCUT2D eigenvalue weighted by molar-refractivity contribution is 6.31. The summed E-state index contributed by atoms with van der Waals surface area (Å²) in [6, 6.07) is 12.2. The first kappa shape index (κ1) is 12.5. The number of benzene rings is 2. The summed E-state index contributed by atoms with van der Waals surface area (Å²) in [5.41, 5.74) is 8.53. The fraction of sp³-hybridized carbons (Fsp3) is 0.0714. The number of aryl methyl sites for hydroxylation is 1. The summed E-state index contributed by atoms with van der Waals surface area (Å²) in [4.78, 5) is 12.0. The Labute approximate surface area is 111 Å². The topological polar surface area (TPSA) is 55.1 Å². The first-order chi connectivity index (χ1) is 8.56. The van der Waals surface area contributed by atoms with Gasteiger partial charge in [0.15, 0.2) is 0 Å². The van der Waals surface area contributed by atoms with Gasteiger partial charge in [0.25, 0.3) is 5.91 Å². The van der Waals surface area contributed by atoms with Gasteiger partial charge < -0.3 is 11.1 Å². The predicted octanol–water partition coefficient (Wildman–Crippen LogP) is 3.48. The van der Waals surface area contributed by atoms with Crippen molar-refractivity contribution in [2.24, 2.45) is 0 Å². The fourth-order valence-electron chi connectivity index (χ4n) is 1.65. The van der Waals surface area contributed by atoms with E-state index < -0.39 is 0 Å². The Morgan fingerprint density at radius 3 is 2.67 bits per heavy atom. The smallest absolute Gasteiger partial charge is 0.255 e. The molecule has 0 saturated carbocycles. The number of halogens is 1. The largest absolute Gasteiger partial charge is 0.399 e. The van der Waals surface area contributed by atoms with Crippen molar-refractivity contribution >= 4 is 28.9 Å². The van der Waals surface area contributed by atoms with Gasteiger partial charge in [0, 0.05) is 22.0 Å². The lowest BCUT2D eigenvalue weighted by Crippen LogP contribution is -2.12. The lowest BCUT2D eigenvalue weighted by Gasteiger charge is -2.09. The average molecular weight is 261 g/mol. The minimum absolute atomic E-state index is 0.189. The summed E-state index contributed by atoms with van der Waals surface area (Å²) < 4.78 is 0. The molecule has 2 rings (SSSR count). The van der Waals surface area contributed by atoms with Gasteiger partial charge in [-0.2, -0.15) is 0 Å². The van der Waals surface area contributed by atoms with Gasteiger partial charge >= 0.3 is 0 Å². The molecule has 0 bridgehead atoms. The highest BCUT2D eigenvalue weighted by atomic mass is 35.5. The Balaban J connectivity index is 2.21. The lowest BCUT2D eigenvalue weighted by molar-refractivity contribution is 0.102. The second kappa shape index (κ2) is 5.10. The van der Waals surface area contributed by atoms with Crippen molar-refractivity contribution in [3.8, 4) is 0 Å². The Kier molecular flexibility index (Phi) is 3.53. The van der Waals surface area contributed by atoms with E-state index >= 15 is 0 Å². The number of nitrogen functional groups attached to an aromatic ring is 1. The number of nitrogens with one attached hydrogen (secondary N) is 1. The van der Waals surface area contributed by atoms with Gasteiger partial charge in [-0.05, 0) is 48.9 Å². The molecule has 18 heavy (non-hydrogen) atoms. The van der Waals surface area contributed by atoms with Crippen LogP contribution in [0, 0.1) is 6.92 Å². The Morgan fingerprint density at radius 2 is 2.00 bits per heavy atom. The van der Waals surface area contributed by atoms with Crippen molar-refractivity contribution in [2.45, 2.75) is 6.92 Å². The normalized spacial score (nSPS) is 10.1. The van der Waals surface area contributed by atoms with Crippen LogP contribution in [-0.2, 0) is 0 Å². The maximum atomic E-state index is 12.0. The first-order valence-electron chi connectivity index (χ1n) is 5.49. The minimum atomic E-state index is -0.189. The lowest BCUT2D eigenvalue weighted by atomic mass is 10.1. The van der Waals surface area contributed by atoms with E-state index in [2.05, 4.69) is 5.32 Å². The molecule has 0 fully saturated rings. The van der Waals surface area contributed by atoms with E-state index in [4.69, 9.17) is 17.3 Å². The molecular formula is C14H13ClN2O. The van der Waals surface area contributed by atoms with Crippen molar-refractivity contribution in [1.29, 1.82) is 0 Å². The van der Waals surface area contributed by atoms with E-state index in [0.717, 1.165) is 11.3 Å². The van der Waals surface area contributed by atoms with Crippen LogP contribution in [0.25, 0.3) is 0 Å². The zero-order chi connectivity index (χ0) is 13.1. The zero-order valence-electron chi connectivity index (χ0n) is 9.91. The number of hydrogen-bond acceptors (Lipinski definition) is 2. The van der Waals surface area contributed by atoms with Gasteiger partial charge in [-0.1, -0.05) is 17.7 Å². The summed E-state index contributed by atoms with van der Waals surface area (Å²) in [6.07, 6.45) is 0. The van der Waals surface area contributed by atoms with Crippen molar-refractivity contribution in [2.75, 3.05) is 11.1 Å². The van der Waals surface area contributed by atoms with Crippen LogP contribution in [0.4, 0.5) is 11.4 Å². The van der Waals surface area contributed by atoms with Gasteiger partial charge in [-0.15, -0.1) is 0 Å². The maximum absolute atomic E-state index is 12.0. The van der Waals surface area contributed by atoms with Crippen LogP contribution in [0.3, 0.4) is 0 Å². The predicted molar refractivity (Wildman–Crippen MR) is 75.0 cm³/mol. The van der Waals surface area contributed by atoms with Gasteiger partial charge in [-0.25, -0.2) is 0 Å². The Bertz CT molecular complexity index is 596. The molecule has 0 atom stereocenters. The molecule has 0 aromatic heterocycles. The van der Waals surface area contributed by atoms with Crippen molar-refractivity contribution in [3.63, 3.8) is 0 Å². The molecule has 4 heteroatoms. The second-order valence-corrected chi connectivity index (χ2v) is 4.48. The summed E-state index contributed by atoms with van der Waals surface area (Å²) in [6.45, 7) is 1.89. The number of nitrogens with two attached hydrogens (primary N) is 1. The molecule has 3 nitrogen and oxygen atoms in total. The number of hydrogen-bond donors (Lipinski definition) is 2. The maximum Gasteiger partial charge on any atom is 0.255 e. The highest BCUT2D eigenvalue weighted by Crippen LogP contribution is 2.19. The quantitative estimate of drug-likeness (QED) is 0.812. The highest BCUT2D eigenvalue weighted by Gasteiger charge is 2.07. The Morgan fingerprint density at radius 1 is 1.22 bits per heavy atom. The molecule has 1 amide bonds. The zero-order valence-corrected chi connectivity index (χ0v) is 10.7. The molecule has 2 aromatic rings. The summed E-state index contributed by atoms with van der Waals surface area (Å²) >= 11 is 5.85. The molecule has 2 aromatic carbocycles. The van der Waals surface area contributed by atoms with E-state index in [9.17, 15) is 4.79 Å². The molecular weight excluding hydrogens is 248 g/mol. The van der Waals surface area contributed by atoms with Crippen LogP contribution in [0.1, 0.15) is 15.9 Å². The van der Waals surface area contributed by atoms with E-state index in [1.54, 1.807) is 36.4 Å². The molecule has 0 aliphatic rings. The van der Waals surface area contributed by atoms with Gasteiger partial charge in [0.2, 0.25) is 0 Å². The number of carbonyl (C=O) groups excluding carboxylic acids is 1. The summed E-state index contributed by atoms with van der Waals surface area (Å²) in [7, 11) is 0. The number of anilines is 2. The third kappa shape index (κ3) is 2.81. The van der Waals surface area contributed by atoms with Gasteiger partial charge in [0.05, 0.1) is 0 Å². The molecule has 0 radical (unpaired) electrons. The molecule has 0 aliphatic carbocycles. The van der Waals surface area contributed by atoms with Crippen LogP contribution in [0.15, 0.2) is 42.5 Å². The monoisotopic (exact) mass is 260 g/mol. The average Bonchev–Trinajstić information content (AvgIpc) is 2.32. The van der Waals surface area contributed by atoms with E-state index in [1.165, 1.54) is 0 Å². The third-order valence-corrected chi connectivity index (χ3v) is 2.82. The van der Waals surface area contributed by atoms with Crippen LogP contribution >= 0.6 is 11.6 Å². The van der Waals surface area contributed by atoms with Gasteiger partial charge in [-0.3, -0.25) is 4.79 Å². The minimum Gasteiger partial charge on any atom is -0.399 e. The van der Waals surface area contributed by atoms with Crippen LogP contribution in [0.2, 0.25) is 5.02 Å². The second-order valence-electron chi connectivity index (χ2n) is 4.04. The molecule has 0 heterocycles. The SMILES string of the molecule is Cc1cc(N)ccc1NC(=O)c1cccc(Cl)c1. The van der Waals surface area contributed by atoms with E-state index in [1.807, 2.05) is 13.0 Å². The van der Waals surface area contributed by atoms with Crippen molar-refractivity contribution in [3.05, 3.63) is 58.6 Å². The Hall–Kier alpha value is -2.00. The number of rotatable bonds is 2. The van der Waals surface area contributed by atoms with Crippen LogP contribution in [0.5, 0.6) is 0 Å².